The summed E-state index contributed by atoms with van der Waals surface area (Å²) in [5.74, 6) is 0.397. The number of Topliss-reactive ketones (excluding diaryl/α,β-unsaturated/α-hetero) is 1. The van der Waals surface area contributed by atoms with E-state index in [4.69, 9.17) is 0 Å². The lowest BCUT2D eigenvalue weighted by molar-refractivity contribution is 0.101. The van der Waals surface area contributed by atoms with Crippen LogP contribution in [-0.2, 0) is 10.8 Å². The Morgan fingerprint density at radius 1 is 1.35 bits per heavy atom. The molecule has 1 aromatic carbocycles. The molecule has 0 unspecified atom stereocenters. The highest BCUT2D eigenvalue weighted by Gasteiger charge is 2.21. The Bertz CT molecular complexity index is 466. The normalized spacial score (nSPS) is 17.2. The quantitative estimate of drug-likeness (QED) is 0.753. The summed E-state index contributed by atoms with van der Waals surface area (Å²) >= 11 is 0. The minimum absolute atomic E-state index is 0.139. The summed E-state index contributed by atoms with van der Waals surface area (Å²) in [6.45, 7) is 2.58. The molecule has 0 aromatic heterocycles. The Morgan fingerprint density at radius 3 is 2.59 bits per heavy atom. The molecule has 92 valence electrons. The van der Waals surface area contributed by atoms with E-state index < -0.39 is 16.6 Å². The molecule has 1 saturated heterocycles. The van der Waals surface area contributed by atoms with Crippen molar-refractivity contribution in [2.45, 2.75) is 6.92 Å². The molecule has 1 aliphatic rings. The summed E-state index contributed by atoms with van der Waals surface area (Å²) in [5.41, 5.74) is 0.759. The van der Waals surface area contributed by atoms with Gasteiger partial charge < -0.3 is 4.90 Å². The second-order valence-electron chi connectivity index (χ2n) is 4.03. The van der Waals surface area contributed by atoms with Crippen LogP contribution in [0.2, 0.25) is 0 Å². The standard InChI is InChI=1S/C12H14FNO2S/c1-9(15)12-10(13)3-2-4-11(12)14-5-7-17(16)8-6-14/h2-4H,5-8H2,1H3. The van der Waals surface area contributed by atoms with Gasteiger partial charge in [-0.25, -0.2) is 4.39 Å². The van der Waals surface area contributed by atoms with Crippen molar-refractivity contribution >= 4 is 22.3 Å². The fourth-order valence-electron chi connectivity index (χ4n) is 2.00. The van der Waals surface area contributed by atoms with Gasteiger partial charge >= 0.3 is 0 Å². The molecule has 17 heavy (non-hydrogen) atoms. The third kappa shape index (κ3) is 2.54. The Labute approximate surface area is 102 Å². The number of anilines is 1. The van der Waals surface area contributed by atoms with Crippen LogP contribution in [0, 0.1) is 5.82 Å². The summed E-state index contributed by atoms with van der Waals surface area (Å²) in [6.07, 6.45) is 0. The topological polar surface area (TPSA) is 37.4 Å². The molecule has 2 rings (SSSR count). The summed E-state index contributed by atoms with van der Waals surface area (Å²) in [6, 6.07) is 4.64. The van der Waals surface area contributed by atoms with Crippen LogP contribution in [-0.4, -0.2) is 34.6 Å². The largest absolute Gasteiger partial charge is 0.369 e. The lowest BCUT2D eigenvalue weighted by Crippen LogP contribution is -2.38. The zero-order valence-electron chi connectivity index (χ0n) is 9.61. The van der Waals surface area contributed by atoms with Crippen molar-refractivity contribution in [3.8, 4) is 0 Å². The summed E-state index contributed by atoms with van der Waals surface area (Å²) in [4.78, 5) is 13.4. The Hall–Kier alpha value is -1.23. The average Bonchev–Trinajstić information content (AvgIpc) is 2.29. The summed E-state index contributed by atoms with van der Waals surface area (Å²) in [5, 5.41) is 0. The van der Waals surface area contributed by atoms with E-state index in [1.54, 1.807) is 12.1 Å². The first-order chi connectivity index (χ1) is 8.09. The van der Waals surface area contributed by atoms with Crippen LogP contribution in [0.3, 0.4) is 0 Å². The van der Waals surface area contributed by atoms with Gasteiger partial charge in [0.15, 0.2) is 5.78 Å². The van der Waals surface area contributed by atoms with E-state index >= 15 is 0 Å². The van der Waals surface area contributed by atoms with E-state index in [1.807, 2.05) is 4.90 Å². The molecule has 1 fully saturated rings. The molecule has 1 heterocycles. The minimum atomic E-state index is -0.778. The van der Waals surface area contributed by atoms with E-state index in [0.717, 1.165) is 0 Å². The number of ketones is 1. The molecule has 0 radical (unpaired) electrons. The fraction of sp³-hybridized carbons (Fsp3) is 0.417. The van der Waals surface area contributed by atoms with Crippen molar-refractivity contribution in [2.24, 2.45) is 0 Å². The Kier molecular flexibility index (Phi) is 3.57. The molecule has 5 heteroatoms. The summed E-state index contributed by atoms with van der Waals surface area (Å²) < 4.78 is 24.9. The van der Waals surface area contributed by atoms with Crippen molar-refractivity contribution in [3.05, 3.63) is 29.6 Å². The van der Waals surface area contributed by atoms with Gasteiger partial charge in [-0.1, -0.05) is 6.07 Å². The molecule has 1 aliphatic heterocycles. The van der Waals surface area contributed by atoms with Gasteiger partial charge in [0.1, 0.15) is 5.82 Å². The second-order valence-corrected chi connectivity index (χ2v) is 5.72. The van der Waals surface area contributed by atoms with Gasteiger partial charge in [-0.05, 0) is 19.1 Å². The number of carbonyl (C=O) groups excluding carboxylic acids is 1. The maximum Gasteiger partial charge on any atom is 0.164 e. The fourth-order valence-corrected chi connectivity index (χ4v) is 3.06. The second kappa shape index (κ2) is 4.96. The maximum absolute atomic E-state index is 13.6. The van der Waals surface area contributed by atoms with Gasteiger partial charge in [-0.2, -0.15) is 0 Å². The highest BCUT2D eigenvalue weighted by molar-refractivity contribution is 7.85. The molecule has 0 bridgehead atoms. The number of rotatable bonds is 2. The monoisotopic (exact) mass is 255 g/mol. The predicted molar refractivity (Wildman–Crippen MR) is 66.5 cm³/mol. The molecular formula is C12H14FNO2S. The van der Waals surface area contributed by atoms with Gasteiger partial charge in [-0.15, -0.1) is 0 Å². The van der Waals surface area contributed by atoms with Gasteiger partial charge in [0.25, 0.3) is 0 Å². The van der Waals surface area contributed by atoms with Gasteiger partial charge in [0.2, 0.25) is 0 Å². The lowest BCUT2D eigenvalue weighted by atomic mass is 10.1. The van der Waals surface area contributed by atoms with Crippen LogP contribution < -0.4 is 4.90 Å². The third-order valence-electron chi connectivity index (χ3n) is 2.86. The first-order valence-electron chi connectivity index (χ1n) is 5.49. The molecule has 0 atom stereocenters. The zero-order chi connectivity index (χ0) is 12.4. The zero-order valence-corrected chi connectivity index (χ0v) is 10.4. The minimum Gasteiger partial charge on any atom is -0.369 e. The van der Waals surface area contributed by atoms with Crippen LogP contribution in [0.25, 0.3) is 0 Å². The van der Waals surface area contributed by atoms with Crippen LogP contribution in [0.15, 0.2) is 18.2 Å². The van der Waals surface area contributed by atoms with Crippen molar-refractivity contribution in [3.63, 3.8) is 0 Å². The van der Waals surface area contributed by atoms with E-state index in [1.165, 1.54) is 13.0 Å². The first-order valence-corrected chi connectivity index (χ1v) is 6.98. The smallest absolute Gasteiger partial charge is 0.164 e. The number of halogens is 1. The average molecular weight is 255 g/mol. The molecule has 1 aromatic rings. The van der Waals surface area contributed by atoms with Crippen molar-refractivity contribution in [1.82, 2.24) is 0 Å². The van der Waals surface area contributed by atoms with Crippen LogP contribution in [0.1, 0.15) is 17.3 Å². The number of hydrogen-bond donors (Lipinski definition) is 0. The molecule has 0 aliphatic carbocycles. The van der Waals surface area contributed by atoms with Crippen molar-refractivity contribution in [2.75, 3.05) is 29.5 Å². The SMILES string of the molecule is CC(=O)c1c(F)cccc1N1CCS(=O)CC1. The van der Waals surface area contributed by atoms with E-state index in [-0.39, 0.29) is 11.3 Å². The van der Waals surface area contributed by atoms with Gasteiger partial charge in [0.05, 0.1) is 11.3 Å². The molecule has 0 N–H and O–H groups in total. The Morgan fingerprint density at radius 2 is 2.00 bits per heavy atom. The van der Waals surface area contributed by atoms with Crippen LogP contribution in [0.4, 0.5) is 10.1 Å². The van der Waals surface area contributed by atoms with Crippen LogP contribution in [0.5, 0.6) is 0 Å². The molecule has 3 nitrogen and oxygen atoms in total. The van der Waals surface area contributed by atoms with E-state index in [0.29, 0.717) is 30.3 Å². The summed E-state index contributed by atoms with van der Waals surface area (Å²) in [7, 11) is -0.778. The molecule has 0 spiro atoms. The highest BCUT2D eigenvalue weighted by Crippen LogP contribution is 2.24. The number of hydrogen-bond acceptors (Lipinski definition) is 3. The number of benzene rings is 1. The molecular weight excluding hydrogens is 241 g/mol. The highest BCUT2D eigenvalue weighted by atomic mass is 32.2. The first kappa shape index (κ1) is 12.2. The maximum atomic E-state index is 13.6. The van der Waals surface area contributed by atoms with E-state index in [2.05, 4.69) is 0 Å². The van der Waals surface area contributed by atoms with Crippen LogP contribution >= 0.6 is 0 Å². The van der Waals surface area contributed by atoms with E-state index in [9.17, 15) is 13.4 Å². The van der Waals surface area contributed by atoms with Gasteiger partial charge in [-0.3, -0.25) is 9.00 Å². The third-order valence-corrected chi connectivity index (χ3v) is 4.14. The molecule has 0 saturated carbocycles. The lowest BCUT2D eigenvalue weighted by Gasteiger charge is -2.29. The van der Waals surface area contributed by atoms with Crippen molar-refractivity contribution in [1.29, 1.82) is 0 Å². The Balaban J connectivity index is 2.35. The van der Waals surface area contributed by atoms with Gasteiger partial charge in [0, 0.05) is 35.4 Å². The number of nitrogens with zero attached hydrogens (tertiary/aromatic N) is 1. The predicted octanol–water partition coefficient (Wildman–Crippen LogP) is 1.60. The molecule has 0 amide bonds. The number of carbonyl (C=O) groups is 1. The van der Waals surface area contributed by atoms with Crippen molar-refractivity contribution < 1.29 is 13.4 Å².